The number of rotatable bonds is 8. The van der Waals surface area contributed by atoms with Crippen molar-refractivity contribution in [3.63, 3.8) is 0 Å². The highest BCUT2D eigenvalue weighted by atomic mass is 32.2. The summed E-state index contributed by atoms with van der Waals surface area (Å²) < 4.78 is 31.6. The number of hydrogen-bond acceptors (Lipinski definition) is 5. The van der Waals surface area contributed by atoms with Crippen LogP contribution in [-0.4, -0.2) is 33.0 Å². The number of aromatic nitrogens is 3. The van der Waals surface area contributed by atoms with Gasteiger partial charge in [0.1, 0.15) is 5.75 Å². The number of nitrogens with zero attached hydrogens (tertiary/aromatic N) is 3. The Morgan fingerprint density at radius 2 is 1.70 bits per heavy atom. The molecule has 0 aliphatic rings. The van der Waals surface area contributed by atoms with Crippen LogP contribution in [0.5, 0.6) is 5.75 Å². The quantitative estimate of drug-likeness (QED) is 0.344. The molecule has 4 aromatic rings. The number of hydrogen-bond donors (Lipinski definition) is 1. The average molecular weight is 467 g/mol. The van der Waals surface area contributed by atoms with Gasteiger partial charge in [-0.25, -0.2) is 0 Å². The first-order valence-electron chi connectivity index (χ1n) is 10.1. The number of anilines is 1. The molecule has 1 N–H and O–H groups in total. The maximum absolute atomic E-state index is 12.6. The zero-order valence-electron chi connectivity index (χ0n) is 17.6. The minimum Gasteiger partial charge on any atom is -0.433 e. The van der Waals surface area contributed by atoms with E-state index in [1.807, 2.05) is 66.1 Å². The third-order valence-electron chi connectivity index (χ3n) is 4.67. The molecule has 6 nitrogen and oxygen atoms in total. The summed E-state index contributed by atoms with van der Waals surface area (Å²) in [4.78, 5) is 12.6. The molecular formula is C24H20F2N4O2S. The first-order valence-corrected chi connectivity index (χ1v) is 11.0. The van der Waals surface area contributed by atoms with Gasteiger partial charge < -0.3 is 10.1 Å². The van der Waals surface area contributed by atoms with Crippen molar-refractivity contribution in [3.8, 4) is 22.8 Å². The maximum Gasteiger partial charge on any atom is 0.387 e. The Bertz CT molecular complexity index is 1230. The summed E-state index contributed by atoms with van der Waals surface area (Å²) in [6, 6.07) is 23.6. The Kier molecular flexibility index (Phi) is 6.99. The van der Waals surface area contributed by atoms with Gasteiger partial charge in [0, 0.05) is 11.3 Å². The number of nitrogens with one attached hydrogen (secondary N) is 1. The second-order valence-corrected chi connectivity index (χ2v) is 8.00. The van der Waals surface area contributed by atoms with Gasteiger partial charge in [0.05, 0.1) is 11.4 Å². The number of para-hydroxylation sites is 2. The highest BCUT2D eigenvalue weighted by Crippen LogP contribution is 2.29. The van der Waals surface area contributed by atoms with E-state index in [9.17, 15) is 13.6 Å². The van der Waals surface area contributed by atoms with E-state index < -0.39 is 6.61 Å². The largest absolute Gasteiger partial charge is 0.433 e. The molecule has 4 rings (SSSR count). The van der Waals surface area contributed by atoms with Crippen molar-refractivity contribution in [1.82, 2.24) is 14.8 Å². The van der Waals surface area contributed by atoms with Gasteiger partial charge in [-0.1, -0.05) is 71.9 Å². The molecule has 0 radical (unpaired) electrons. The molecule has 0 saturated carbocycles. The second kappa shape index (κ2) is 10.3. The minimum atomic E-state index is -2.98. The number of benzene rings is 3. The van der Waals surface area contributed by atoms with Crippen LogP contribution in [0.4, 0.5) is 14.5 Å². The van der Waals surface area contributed by atoms with E-state index in [2.05, 4.69) is 20.3 Å². The van der Waals surface area contributed by atoms with E-state index in [0.29, 0.717) is 11.0 Å². The van der Waals surface area contributed by atoms with Gasteiger partial charge in [0.25, 0.3) is 0 Å². The van der Waals surface area contributed by atoms with E-state index in [0.717, 1.165) is 16.8 Å². The fraction of sp³-hybridized carbons (Fsp3) is 0.125. The van der Waals surface area contributed by atoms with Crippen LogP contribution in [0, 0.1) is 6.92 Å². The molecule has 33 heavy (non-hydrogen) atoms. The monoisotopic (exact) mass is 466 g/mol. The van der Waals surface area contributed by atoms with Crippen molar-refractivity contribution >= 4 is 23.4 Å². The molecule has 0 aliphatic carbocycles. The fourth-order valence-corrected chi connectivity index (χ4v) is 3.90. The molecular weight excluding hydrogens is 446 g/mol. The van der Waals surface area contributed by atoms with Crippen LogP contribution in [0.1, 0.15) is 5.56 Å². The number of halogens is 2. The number of carbonyl (C=O) groups excluding carboxylic acids is 1. The third-order valence-corrected chi connectivity index (χ3v) is 5.60. The van der Waals surface area contributed by atoms with Crippen LogP contribution in [0.3, 0.4) is 0 Å². The molecule has 0 unspecified atom stereocenters. The van der Waals surface area contributed by atoms with E-state index in [-0.39, 0.29) is 23.1 Å². The summed E-state index contributed by atoms with van der Waals surface area (Å²) >= 11 is 1.20. The van der Waals surface area contributed by atoms with Crippen molar-refractivity contribution in [2.45, 2.75) is 18.7 Å². The molecule has 0 atom stereocenters. The highest BCUT2D eigenvalue weighted by molar-refractivity contribution is 7.99. The van der Waals surface area contributed by atoms with Gasteiger partial charge in [-0.15, -0.1) is 10.2 Å². The number of amides is 1. The summed E-state index contributed by atoms with van der Waals surface area (Å²) in [5, 5.41) is 11.8. The van der Waals surface area contributed by atoms with E-state index in [1.165, 1.54) is 23.9 Å². The number of ether oxygens (including phenoxy) is 1. The summed E-state index contributed by atoms with van der Waals surface area (Å²) in [6.07, 6.45) is 0. The number of carbonyl (C=O) groups is 1. The van der Waals surface area contributed by atoms with E-state index in [1.54, 1.807) is 12.1 Å². The standard InChI is InChI=1S/C24H20F2N4O2S/c1-16-11-13-18(14-12-16)30-22(17-7-3-2-4-8-17)28-29-24(30)33-15-21(31)27-19-9-5-6-10-20(19)32-23(25)26/h2-14,23H,15H2,1H3,(H,27,31). The van der Waals surface area contributed by atoms with Crippen LogP contribution in [0.2, 0.25) is 0 Å². The predicted molar refractivity (Wildman–Crippen MR) is 124 cm³/mol. The minimum absolute atomic E-state index is 0.00178. The lowest BCUT2D eigenvalue weighted by molar-refractivity contribution is -0.113. The van der Waals surface area contributed by atoms with Crippen LogP contribution < -0.4 is 10.1 Å². The summed E-state index contributed by atoms with van der Waals surface area (Å²) in [7, 11) is 0. The van der Waals surface area contributed by atoms with Crippen molar-refractivity contribution in [2.75, 3.05) is 11.1 Å². The molecule has 9 heteroatoms. The molecule has 0 saturated heterocycles. The van der Waals surface area contributed by atoms with Crippen LogP contribution in [0.25, 0.3) is 17.1 Å². The van der Waals surface area contributed by atoms with Crippen molar-refractivity contribution in [1.29, 1.82) is 0 Å². The van der Waals surface area contributed by atoms with Gasteiger partial charge in [-0.05, 0) is 31.2 Å². The lowest BCUT2D eigenvalue weighted by atomic mass is 10.2. The van der Waals surface area contributed by atoms with Crippen LogP contribution >= 0.6 is 11.8 Å². The SMILES string of the molecule is Cc1ccc(-n2c(SCC(=O)Nc3ccccc3OC(F)F)nnc2-c2ccccc2)cc1. The fourth-order valence-electron chi connectivity index (χ4n) is 3.15. The van der Waals surface area contributed by atoms with Crippen LogP contribution in [-0.2, 0) is 4.79 Å². The molecule has 168 valence electrons. The molecule has 3 aromatic carbocycles. The van der Waals surface area contributed by atoms with Gasteiger partial charge in [-0.3, -0.25) is 9.36 Å². The van der Waals surface area contributed by atoms with Gasteiger partial charge >= 0.3 is 6.61 Å². The van der Waals surface area contributed by atoms with Crippen molar-refractivity contribution in [3.05, 3.63) is 84.4 Å². The Balaban J connectivity index is 1.56. The Morgan fingerprint density at radius 3 is 2.42 bits per heavy atom. The zero-order chi connectivity index (χ0) is 23.2. The van der Waals surface area contributed by atoms with Crippen molar-refractivity contribution < 1.29 is 18.3 Å². The first kappa shape index (κ1) is 22.5. The number of alkyl halides is 2. The normalized spacial score (nSPS) is 10.9. The summed E-state index contributed by atoms with van der Waals surface area (Å²) in [6.45, 7) is -0.981. The summed E-state index contributed by atoms with van der Waals surface area (Å²) in [5.74, 6) is 0.171. The average Bonchev–Trinajstić information content (AvgIpc) is 3.24. The summed E-state index contributed by atoms with van der Waals surface area (Å²) in [5.41, 5.74) is 3.04. The van der Waals surface area contributed by atoms with Gasteiger partial charge in [0.2, 0.25) is 5.91 Å². The molecule has 0 aliphatic heterocycles. The van der Waals surface area contributed by atoms with Gasteiger partial charge in [0.15, 0.2) is 11.0 Å². The number of aryl methyl sites for hydroxylation is 1. The highest BCUT2D eigenvalue weighted by Gasteiger charge is 2.18. The second-order valence-electron chi connectivity index (χ2n) is 7.05. The molecule has 0 bridgehead atoms. The molecule has 1 aromatic heterocycles. The zero-order valence-corrected chi connectivity index (χ0v) is 18.4. The van der Waals surface area contributed by atoms with Gasteiger partial charge in [-0.2, -0.15) is 8.78 Å². The molecule has 1 heterocycles. The Morgan fingerprint density at radius 1 is 1.00 bits per heavy atom. The lowest BCUT2D eigenvalue weighted by Gasteiger charge is -2.12. The molecule has 0 spiro atoms. The Hall–Kier alpha value is -3.72. The van der Waals surface area contributed by atoms with Crippen LogP contribution in [0.15, 0.2) is 84.0 Å². The smallest absolute Gasteiger partial charge is 0.387 e. The van der Waals surface area contributed by atoms with E-state index in [4.69, 9.17) is 0 Å². The topological polar surface area (TPSA) is 69.0 Å². The van der Waals surface area contributed by atoms with Crippen molar-refractivity contribution in [2.24, 2.45) is 0 Å². The predicted octanol–water partition coefficient (Wildman–Crippen LogP) is 5.57. The first-order chi connectivity index (χ1) is 16.0. The number of thioether (sulfide) groups is 1. The third kappa shape index (κ3) is 5.56. The maximum atomic E-state index is 12.6. The lowest BCUT2D eigenvalue weighted by Crippen LogP contribution is -2.16. The van der Waals surface area contributed by atoms with E-state index >= 15 is 0 Å². The Labute approximate surface area is 193 Å². The molecule has 1 amide bonds. The molecule has 0 fully saturated rings.